The molecule has 1 fully saturated rings. The average Bonchev–Trinajstić information content (AvgIpc) is 3.56. The van der Waals surface area contributed by atoms with E-state index in [1.807, 2.05) is 35.2 Å². The summed E-state index contributed by atoms with van der Waals surface area (Å²) < 4.78 is 7.57. The summed E-state index contributed by atoms with van der Waals surface area (Å²) in [6, 6.07) is 10.0. The number of ketones is 2. The molecule has 0 N–H and O–H groups in total. The summed E-state index contributed by atoms with van der Waals surface area (Å²) in [6.45, 7) is 3.60. The van der Waals surface area contributed by atoms with Crippen LogP contribution >= 0.6 is 11.3 Å². The number of likely N-dealkylation sites (tertiary alicyclic amines) is 1. The quantitative estimate of drug-likeness (QED) is 0.266. The van der Waals surface area contributed by atoms with Crippen LogP contribution in [0.15, 0.2) is 60.5 Å². The number of rotatable bonds is 10. The van der Waals surface area contributed by atoms with E-state index in [1.165, 1.54) is 11.3 Å². The Kier molecular flexibility index (Phi) is 6.80. The Hall–Kier alpha value is -3.26. The van der Waals surface area contributed by atoms with Gasteiger partial charge < -0.3 is 14.2 Å². The number of amides is 1. The number of nitrogens with zero attached hydrogens (tertiary/aromatic N) is 3. The van der Waals surface area contributed by atoms with Crippen molar-refractivity contribution in [2.24, 2.45) is 5.92 Å². The van der Waals surface area contributed by atoms with Crippen molar-refractivity contribution in [3.8, 4) is 5.75 Å². The highest BCUT2D eigenvalue weighted by Crippen LogP contribution is 2.40. The maximum absolute atomic E-state index is 13.5. The van der Waals surface area contributed by atoms with Gasteiger partial charge in [0.1, 0.15) is 11.7 Å². The van der Waals surface area contributed by atoms with E-state index in [2.05, 4.69) is 4.98 Å². The first-order valence-corrected chi connectivity index (χ1v) is 11.6. The molecule has 1 aliphatic rings. The molecule has 0 spiro atoms. The normalized spacial score (nSPS) is 18.3. The van der Waals surface area contributed by atoms with Gasteiger partial charge in [-0.25, -0.2) is 4.98 Å². The molecule has 0 aliphatic carbocycles. The largest absolute Gasteiger partial charge is 0.494 e. The molecule has 8 heteroatoms. The van der Waals surface area contributed by atoms with E-state index in [0.717, 1.165) is 11.3 Å². The maximum Gasteiger partial charge on any atom is 0.291 e. The highest BCUT2D eigenvalue weighted by atomic mass is 32.1. The Bertz CT molecular complexity index is 1080. The van der Waals surface area contributed by atoms with Gasteiger partial charge in [0.05, 0.1) is 19.0 Å². The van der Waals surface area contributed by atoms with Crippen LogP contribution in [0.3, 0.4) is 0 Å². The van der Waals surface area contributed by atoms with Gasteiger partial charge in [0.2, 0.25) is 5.78 Å². The molecule has 32 heavy (non-hydrogen) atoms. The van der Waals surface area contributed by atoms with Gasteiger partial charge in [0.25, 0.3) is 5.91 Å². The average molecular weight is 452 g/mol. The van der Waals surface area contributed by atoms with Crippen LogP contribution in [0.1, 0.15) is 41.0 Å². The van der Waals surface area contributed by atoms with Crippen LogP contribution in [0, 0.1) is 5.92 Å². The number of aryl methyl sites for hydroxylation is 1. The zero-order valence-electron chi connectivity index (χ0n) is 17.8. The number of hydrogen-bond donors (Lipinski definition) is 0. The predicted octanol–water partition coefficient (Wildman–Crippen LogP) is 3.78. The lowest BCUT2D eigenvalue weighted by molar-refractivity contribution is -0.140. The third-order valence-electron chi connectivity index (χ3n) is 5.49. The summed E-state index contributed by atoms with van der Waals surface area (Å²) in [7, 11) is 0. The number of aromatic nitrogens is 2. The van der Waals surface area contributed by atoms with Crippen molar-refractivity contribution in [2.75, 3.05) is 13.2 Å². The van der Waals surface area contributed by atoms with Crippen LogP contribution < -0.4 is 4.74 Å². The van der Waals surface area contributed by atoms with Crippen LogP contribution in [0.2, 0.25) is 0 Å². The van der Waals surface area contributed by atoms with Crippen LogP contribution in [0.25, 0.3) is 0 Å². The van der Waals surface area contributed by atoms with Crippen molar-refractivity contribution in [2.45, 2.75) is 32.4 Å². The molecule has 4 rings (SSSR count). The van der Waals surface area contributed by atoms with Crippen molar-refractivity contribution >= 4 is 28.8 Å². The Morgan fingerprint density at radius 1 is 1.19 bits per heavy atom. The lowest BCUT2D eigenvalue weighted by Crippen LogP contribution is -2.31. The molecule has 7 nitrogen and oxygen atoms in total. The fraction of sp³-hybridized carbons (Fsp3) is 0.333. The van der Waals surface area contributed by atoms with Gasteiger partial charge in [-0.1, -0.05) is 25.1 Å². The van der Waals surface area contributed by atoms with E-state index < -0.39 is 23.7 Å². The van der Waals surface area contributed by atoms with Gasteiger partial charge in [-0.15, -0.1) is 11.3 Å². The number of benzene rings is 1. The molecule has 1 aliphatic heterocycles. The second-order valence-corrected chi connectivity index (χ2v) is 8.67. The molecule has 2 atom stereocenters. The van der Waals surface area contributed by atoms with Crippen molar-refractivity contribution in [3.05, 3.63) is 70.9 Å². The molecule has 3 heterocycles. The topological polar surface area (TPSA) is 81.5 Å². The number of carbonyl (C=O) groups is 3. The van der Waals surface area contributed by atoms with Crippen LogP contribution in [0.5, 0.6) is 5.75 Å². The first-order valence-electron chi connectivity index (χ1n) is 10.7. The first-order chi connectivity index (χ1) is 15.6. The molecular weight excluding hydrogens is 426 g/mol. The fourth-order valence-electron chi connectivity index (χ4n) is 3.99. The third-order valence-corrected chi connectivity index (χ3v) is 6.43. The van der Waals surface area contributed by atoms with E-state index in [9.17, 15) is 14.4 Å². The minimum absolute atomic E-state index is 0.346. The Labute approximate surface area is 190 Å². The van der Waals surface area contributed by atoms with E-state index in [1.54, 1.807) is 41.7 Å². The number of ether oxygens (including phenoxy) is 1. The Balaban J connectivity index is 1.59. The highest BCUT2D eigenvalue weighted by molar-refractivity contribution is 7.10. The molecule has 1 amide bonds. The van der Waals surface area contributed by atoms with Crippen molar-refractivity contribution in [1.82, 2.24) is 14.5 Å². The maximum atomic E-state index is 13.5. The van der Waals surface area contributed by atoms with Gasteiger partial charge in [0, 0.05) is 35.9 Å². The third kappa shape index (κ3) is 4.50. The summed E-state index contributed by atoms with van der Waals surface area (Å²) in [5, 5.41) is 1.90. The number of hydrogen-bond acceptors (Lipinski definition) is 6. The fourth-order valence-corrected chi connectivity index (χ4v) is 4.86. The van der Waals surface area contributed by atoms with Crippen molar-refractivity contribution in [3.63, 3.8) is 0 Å². The molecule has 1 aromatic carbocycles. The van der Waals surface area contributed by atoms with E-state index in [4.69, 9.17) is 4.74 Å². The SMILES string of the molecule is CCCOc1cccc(C(=O)C2C(=O)C(=O)N(CCCn3ccnc3)C2c2cccs2)c1. The molecule has 0 bridgehead atoms. The molecule has 2 unspecified atom stereocenters. The summed E-state index contributed by atoms with van der Waals surface area (Å²) in [5.74, 6) is -2.06. The second kappa shape index (κ2) is 9.91. The summed E-state index contributed by atoms with van der Waals surface area (Å²) in [6.07, 6.45) is 6.77. The van der Waals surface area contributed by atoms with Crippen LogP contribution in [-0.4, -0.2) is 45.1 Å². The monoisotopic (exact) mass is 451 g/mol. The summed E-state index contributed by atoms with van der Waals surface area (Å²) >= 11 is 1.45. The predicted molar refractivity (Wildman–Crippen MR) is 121 cm³/mol. The first kappa shape index (κ1) is 22.0. The lowest BCUT2D eigenvalue weighted by atomic mass is 9.89. The van der Waals surface area contributed by atoms with Crippen LogP contribution in [-0.2, 0) is 16.1 Å². The Morgan fingerprint density at radius 3 is 2.78 bits per heavy atom. The molecule has 1 saturated heterocycles. The molecular formula is C24H25N3O4S. The van der Waals surface area contributed by atoms with Crippen molar-refractivity contribution < 1.29 is 19.1 Å². The lowest BCUT2D eigenvalue weighted by Gasteiger charge is -2.26. The minimum Gasteiger partial charge on any atom is -0.494 e. The smallest absolute Gasteiger partial charge is 0.291 e. The van der Waals surface area contributed by atoms with Gasteiger partial charge >= 0.3 is 0 Å². The molecule has 166 valence electrons. The minimum atomic E-state index is -1.06. The van der Waals surface area contributed by atoms with Crippen LogP contribution in [0.4, 0.5) is 0 Å². The van der Waals surface area contributed by atoms with Gasteiger partial charge in [-0.05, 0) is 36.4 Å². The molecule has 0 saturated carbocycles. The number of Topliss-reactive ketones (excluding diaryl/α,β-unsaturated/α-hetero) is 2. The van der Waals surface area contributed by atoms with Gasteiger partial charge in [-0.2, -0.15) is 0 Å². The second-order valence-electron chi connectivity index (χ2n) is 7.70. The van der Waals surface area contributed by atoms with Gasteiger partial charge in [-0.3, -0.25) is 14.4 Å². The standard InChI is InChI=1S/C24H25N3O4S/c1-2-13-31-18-7-3-6-17(15-18)22(28)20-21(19-8-4-14-32-19)27(24(30)23(20)29)11-5-10-26-12-9-25-16-26/h3-4,6-9,12,14-16,20-21H,2,5,10-11,13H2,1H3. The van der Waals surface area contributed by atoms with E-state index in [0.29, 0.717) is 37.4 Å². The molecule has 3 aromatic rings. The summed E-state index contributed by atoms with van der Waals surface area (Å²) in [4.78, 5) is 45.9. The van der Waals surface area contributed by atoms with Crippen molar-refractivity contribution in [1.29, 1.82) is 0 Å². The highest BCUT2D eigenvalue weighted by Gasteiger charge is 2.51. The molecule has 0 radical (unpaired) electrons. The summed E-state index contributed by atoms with van der Waals surface area (Å²) in [5.41, 5.74) is 0.381. The Morgan fingerprint density at radius 2 is 2.06 bits per heavy atom. The van der Waals surface area contributed by atoms with Gasteiger partial charge in [0.15, 0.2) is 5.78 Å². The zero-order chi connectivity index (χ0) is 22.5. The number of carbonyl (C=O) groups excluding carboxylic acids is 3. The number of thiophene rings is 1. The molecule has 2 aromatic heterocycles. The zero-order valence-corrected chi connectivity index (χ0v) is 18.7. The van der Waals surface area contributed by atoms with E-state index in [-0.39, 0.29) is 5.78 Å². The number of imidazole rings is 1. The van der Waals surface area contributed by atoms with E-state index >= 15 is 0 Å².